The Balaban J connectivity index is 1.23. The van der Waals surface area contributed by atoms with Gasteiger partial charge in [0.05, 0.1) is 11.6 Å². The van der Waals surface area contributed by atoms with Crippen LogP contribution < -0.4 is 14.8 Å². The van der Waals surface area contributed by atoms with E-state index < -0.39 is 49.1 Å². The molecular weight excluding hydrogens is 754 g/mol. The summed E-state index contributed by atoms with van der Waals surface area (Å²) in [6.07, 6.45) is 1.87. The summed E-state index contributed by atoms with van der Waals surface area (Å²) < 4.78 is 43.4. The molecule has 12 heteroatoms. The van der Waals surface area contributed by atoms with Gasteiger partial charge in [0.25, 0.3) is 5.88 Å². The number of benzene rings is 3. The van der Waals surface area contributed by atoms with Gasteiger partial charge in [0, 0.05) is 34.2 Å². The van der Waals surface area contributed by atoms with E-state index in [1.807, 2.05) is 92.8 Å². The standard InChI is InChI=1S/C46H52FN3O7Si/c1-45(2,3)58(6,7)57-46-31(38(50(4)5)41-35(43(46)53)44(49-56-41)55-24-26-16-12-9-13-17-26)22-28-21-29-34(39(51)32(28)42(46)52)40(54-23-25-14-10-8-11-15-25)30-20-27-18-19-48-37(27)33(30)36(29)47/h8-17,27-28,31,37-38,48,52H,18-24H2,1-7H3/t27?,28-,31-,37?,38-,46?/m0/s1. The predicted molar refractivity (Wildman–Crippen MR) is 218 cm³/mol. The van der Waals surface area contributed by atoms with Crippen LogP contribution >= 0.6 is 0 Å². The van der Waals surface area contributed by atoms with E-state index in [1.165, 1.54) is 0 Å². The van der Waals surface area contributed by atoms with Crippen molar-refractivity contribution in [1.82, 2.24) is 15.4 Å². The number of aliphatic hydroxyl groups excluding tert-OH is 1. The lowest BCUT2D eigenvalue weighted by Gasteiger charge is -2.55. The van der Waals surface area contributed by atoms with Crippen molar-refractivity contribution in [2.24, 2.45) is 17.8 Å². The molecule has 1 aliphatic heterocycles. The molecule has 304 valence electrons. The van der Waals surface area contributed by atoms with Gasteiger partial charge < -0.3 is 28.8 Å². The molecule has 9 rings (SSSR count). The van der Waals surface area contributed by atoms with E-state index in [-0.39, 0.29) is 71.5 Å². The Kier molecular flexibility index (Phi) is 9.38. The van der Waals surface area contributed by atoms with Gasteiger partial charge in [-0.3, -0.25) is 14.5 Å². The highest BCUT2D eigenvalue weighted by Crippen LogP contribution is 2.61. The number of ether oxygens (including phenoxy) is 2. The molecule has 10 nitrogen and oxygen atoms in total. The number of hydrogen-bond donors (Lipinski definition) is 2. The highest BCUT2D eigenvalue weighted by molar-refractivity contribution is 6.74. The van der Waals surface area contributed by atoms with E-state index >= 15 is 14.0 Å². The molecule has 4 aliphatic carbocycles. The molecule has 5 aliphatic rings. The number of rotatable bonds is 9. The molecule has 6 atom stereocenters. The average Bonchev–Trinajstić information content (AvgIpc) is 3.91. The Morgan fingerprint density at radius 2 is 1.62 bits per heavy atom. The maximum atomic E-state index is 17.2. The SMILES string of the molecule is CN(C)[C@@H]1c2onc(OCc3ccccc3)c2C(=O)C2(O[Si](C)(C)C(C)(C)C)C(O)=C3C(=O)c4c(c(F)c5c(c4OCc4ccccc4)CC4CCNC54)C[C@H]3C[C@@H]12. The molecule has 0 spiro atoms. The van der Waals surface area contributed by atoms with Crippen molar-refractivity contribution in [2.75, 3.05) is 20.6 Å². The number of carbonyl (C=O) groups excluding carboxylic acids is 2. The summed E-state index contributed by atoms with van der Waals surface area (Å²) in [5.41, 5.74) is 1.71. The van der Waals surface area contributed by atoms with Crippen LogP contribution in [0.15, 0.2) is 76.5 Å². The van der Waals surface area contributed by atoms with E-state index in [0.717, 1.165) is 24.1 Å². The van der Waals surface area contributed by atoms with Crippen LogP contribution in [-0.4, -0.2) is 61.3 Å². The molecule has 0 saturated carbocycles. The second-order valence-corrected chi connectivity index (χ2v) is 23.2. The highest BCUT2D eigenvalue weighted by Gasteiger charge is 2.67. The Labute approximate surface area is 339 Å². The fourth-order valence-electron chi connectivity index (χ4n) is 10.1. The first-order valence-corrected chi connectivity index (χ1v) is 23.4. The third-order valence-electron chi connectivity index (χ3n) is 13.9. The van der Waals surface area contributed by atoms with Crippen LogP contribution in [0.5, 0.6) is 11.6 Å². The topological polar surface area (TPSA) is 123 Å². The van der Waals surface area contributed by atoms with Crippen molar-refractivity contribution < 1.29 is 37.5 Å². The number of allylic oxidation sites excluding steroid dienone is 1. The van der Waals surface area contributed by atoms with E-state index in [9.17, 15) is 5.11 Å². The summed E-state index contributed by atoms with van der Waals surface area (Å²) in [7, 11) is 0.848. The minimum atomic E-state index is -2.92. The zero-order valence-electron chi connectivity index (χ0n) is 34.3. The van der Waals surface area contributed by atoms with Crippen LogP contribution in [0, 0.1) is 23.6 Å². The summed E-state index contributed by atoms with van der Waals surface area (Å²) in [5, 5.41) is 20.5. The normalized spacial score (nSPS) is 26.2. The number of aromatic nitrogens is 1. The minimum Gasteiger partial charge on any atom is -0.508 e. The molecule has 2 heterocycles. The number of fused-ring (bicyclic) bond motifs is 7. The molecular formula is C46H52FN3O7Si. The van der Waals surface area contributed by atoms with Crippen molar-refractivity contribution in [1.29, 1.82) is 0 Å². The Morgan fingerprint density at radius 1 is 0.966 bits per heavy atom. The van der Waals surface area contributed by atoms with Crippen LogP contribution in [0.25, 0.3) is 0 Å². The van der Waals surface area contributed by atoms with Gasteiger partial charge in [-0.25, -0.2) is 4.39 Å². The van der Waals surface area contributed by atoms with Crippen LogP contribution in [0.4, 0.5) is 4.39 Å². The molecule has 0 bridgehead atoms. The zero-order valence-corrected chi connectivity index (χ0v) is 35.3. The first-order valence-electron chi connectivity index (χ1n) is 20.5. The molecule has 2 N–H and O–H groups in total. The fraction of sp³-hybridized carbons (Fsp3) is 0.457. The highest BCUT2D eigenvalue weighted by atomic mass is 28.4. The third kappa shape index (κ3) is 5.84. The van der Waals surface area contributed by atoms with Crippen LogP contribution in [0.3, 0.4) is 0 Å². The van der Waals surface area contributed by atoms with Crippen molar-refractivity contribution >= 4 is 19.9 Å². The summed E-state index contributed by atoms with van der Waals surface area (Å²) in [4.78, 5) is 33.0. The maximum absolute atomic E-state index is 17.2. The maximum Gasteiger partial charge on any atom is 0.265 e. The predicted octanol–water partition coefficient (Wildman–Crippen LogP) is 8.63. The second kappa shape index (κ2) is 14.0. The van der Waals surface area contributed by atoms with Crippen LogP contribution in [0.1, 0.15) is 100.0 Å². The van der Waals surface area contributed by atoms with Gasteiger partial charge in [-0.2, -0.15) is 0 Å². The first kappa shape index (κ1) is 38.9. The monoisotopic (exact) mass is 805 g/mol. The lowest BCUT2D eigenvalue weighted by atomic mass is 9.58. The van der Waals surface area contributed by atoms with Crippen LogP contribution in [0.2, 0.25) is 18.1 Å². The fourth-order valence-corrected chi connectivity index (χ4v) is 11.5. The molecule has 0 radical (unpaired) electrons. The first-order chi connectivity index (χ1) is 27.6. The van der Waals surface area contributed by atoms with E-state index in [0.29, 0.717) is 34.6 Å². The zero-order chi connectivity index (χ0) is 40.9. The summed E-state index contributed by atoms with van der Waals surface area (Å²) in [6.45, 7) is 11.4. The molecule has 1 saturated heterocycles. The van der Waals surface area contributed by atoms with Gasteiger partial charge in [0.1, 0.15) is 36.1 Å². The molecule has 4 aromatic rings. The van der Waals surface area contributed by atoms with Crippen molar-refractivity contribution in [3.8, 4) is 11.6 Å². The number of nitrogens with one attached hydrogen (secondary N) is 1. The molecule has 3 unspecified atom stereocenters. The average molecular weight is 806 g/mol. The molecule has 3 aromatic carbocycles. The Morgan fingerprint density at radius 3 is 2.26 bits per heavy atom. The lowest BCUT2D eigenvalue weighted by molar-refractivity contribution is -0.0481. The van der Waals surface area contributed by atoms with Crippen molar-refractivity contribution in [3.05, 3.63) is 123 Å². The van der Waals surface area contributed by atoms with Crippen molar-refractivity contribution in [2.45, 2.75) is 95.5 Å². The van der Waals surface area contributed by atoms with Gasteiger partial charge in [-0.1, -0.05) is 81.4 Å². The minimum absolute atomic E-state index is 0.000916. The molecule has 58 heavy (non-hydrogen) atoms. The number of nitrogens with zero attached hydrogens (tertiary/aromatic N) is 2. The molecule has 1 fully saturated rings. The van der Waals surface area contributed by atoms with E-state index in [4.69, 9.17) is 18.4 Å². The number of hydrogen-bond acceptors (Lipinski definition) is 10. The number of carbonyl (C=O) groups is 2. The number of halogens is 1. The van der Waals surface area contributed by atoms with Gasteiger partial charge in [-0.05, 0) is 92.6 Å². The number of aliphatic hydroxyl groups is 1. The Bertz CT molecular complexity index is 2340. The third-order valence-corrected chi connectivity index (χ3v) is 18.3. The summed E-state index contributed by atoms with van der Waals surface area (Å²) in [5.74, 6) is -2.33. The number of Topliss-reactive ketones (excluding diaryl/α,β-unsaturated/α-hetero) is 2. The van der Waals surface area contributed by atoms with E-state index in [1.54, 1.807) is 0 Å². The van der Waals surface area contributed by atoms with Crippen LogP contribution in [-0.2, 0) is 30.5 Å². The second-order valence-electron chi connectivity index (χ2n) is 18.5. The van der Waals surface area contributed by atoms with Gasteiger partial charge in [0.2, 0.25) is 5.78 Å². The molecule has 0 amide bonds. The smallest absolute Gasteiger partial charge is 0.265 e. The van der Waals surface area contributed by atoms with Gasteiger partial charge in [0.15, 0.2) is 25.5 Å². The van der Waals surface area contributed by atoms with Gasteiger partial charge in [-0.15, -0.1) is 0 Å². The van der Waals surface area contributed by atoms with E-state index in [2.05, 4.69) is 31.2 Å². The van der Waals surface area contributed by atoms with Gasteiger partial charge >= 0.3 is 0 Å². The lowest BCUT2D eigenvalue weighted by Crippen LogP contribution is -2.65. The molecule has 1 aromatic heterocycles. The largest absolute Gasteiger partial charge is 0.508 e. The number of ketones is 2. The quantitative estimate of drug-likeness (QED) is 0.159. The van der Waals surface area contributed by atoms with Crippen molar-refractivity contribution in [3.63, 3.8) is 0 Å². The Hall–Kier alpha value is -4.62. The summed E-state index contributed by atoms with van der Waals surface area (Å²) in [6, 6.07) is 18.5. The summed E-state index contributed by atoms with van der Waals surface area (Å²) >= 11 is 0.